The summed E-state index contributed by atoms with van der Waals surface area (Å²) in [5, 5.41) is 4.49. The zero-order valence-electron chi connectivity index (χ0n) is 7.51. The molecule has 0 atom stereocenters. The maximum Gasteiger partial charge on any atom is 0.147 e. The highest BCUT2D eigenvalue weighted by molar-refractivity contribution is 9.10. The predicted octanol–water partition coefficient (Wildman–Crippen LogP) is 4.14. The van der Waals surface area contributed by atoms with Gasteiger partial charge >= 0.3 is 0 Å². The van der Waals surface area contributed by atoms with Crippen molar-refractivity contribution in [1.29, 1.82) is 0 Å². The molecule has 0 unspecified atom stereocenters. The first-order chi connectivity index (χ1) is 7.20. The number of halogens is 3. The Bertz CT molecular complexity index is 484. The summed E-state index contributed by atoms with van der Waals surface area (Å²) in [6.45, 7) is 0. The lowest BCUT2D eigenvalue weighted by atomic mass is 10.1. The highest BCUT2D eigenvalue weighted by Crippen LogP contribution is 2.25. The molecular weight excluding hydrogens is 329 g/mol. The van der Waals surface area contributed by atoms with E-state index >= 15 is 0 Å². The Morgan fingerprint density at radius 3 is 2.73 bits per heavy atom. The fourth-order valence-corrected chi connectivity index (χ4v) is 1.81. The van der Waals surface area contributed by atoms with E-state index in [-0.39, 0.29) is 5.82 Å². The monoisotopic (exact) mass is 333 g/mol. The molecule has 0 spiro atoms. The number of rotatable bonds is 2. The topological polar surface area (TPSA) is 26.0 Å². The summed E-state index contributed by atoms with van der Waals surface area (Å²) in [5.74, 6) is 0.452. The Morgan fingerprint density at radius 1 is 1.33 bits per heavy atom. The van der Waals surface area contributed by atoms with Gasteiger partial charge in [0.15, 0.2) is 0 Å². The van der Waals surface area contributed by atoms with Gasteiger partial charge in [0.2, 0.25) is 0 Å². The lowest BCUT2D eigenvalue weighted by molar-refractivity contribution is 0.398. The van der Waals surface area contributed by atoms with Crippen molar-refractivity contribution in [2.45, 2.75) is 5.33 Å². The Hall–Kier alpha value is -0.680. The number of hydrogen-bond acceptors (Lipinski definition) is 2. The fraction of sp³-hybridized carbons (Fsp3) is 0.100. The molecule has 2 aromatic rings. The molecule has 15 heavy (non-hydrogen) atoms. The zero-order valence-corrected chi connectivity index (χ0v) is 10.7. The van der Waals surface area contributed by atoms with Gasteiger partial charge in [0.25, 0.3) is 0 Å². The van der Waals surface area contributed by atoms with Crippen LogP contribution in [-0.2, 0) is 5.33 Å². The highest BCUT2D eigenvalue weighted by atomic mass is 79.9. The van der Waals surface area contributed by atoms with Gasteiger partial charge in [-0.15, -0.1) is 0 Å². The molecule has 1 aromatic heterocycles. The van der Waals surface area contributed by atoms with E-state index < -0.39 is 0 Å². The summed E-state index contributed by atoms with van der Waals surface area (Å²) < 4.78 is 18.4. The third kappa shape index (κ3) is 2.29. The molecule has 78 valence electrons. The van der Waals surface area contributed by atoms with Crippen LogP contribution in [0.1, 0.15) is 5.76 Å². The quantitative estimate of drug-likeness (QED) is 0.771. The average molecular weight is 335 g/mol. The summed E-state index contributed by atoms with van der Waals surface area (Å²) in [5.41, 5.74) is 1.52. The molecule has 0 aliphatic carbocycles. The number of benzene rings is 1. The van der Waals surface area contributed by atoms with E-state index in [2.05, 4.69) is 37.0 Å². The van der Waals surface area contributed by atoms with Crippen LogP contribution >= 0.6 is 31.9 Å². The van der Waals surface area contributed by atoms with Crippen LogP contribution in [0.5, 0.6) is 0 Å². The number of alkyl halides is 1. The van der Waals surface area contributed by atoms with E-state index in [0.717, 1.165) is 11.3 Å². The minimum Gasteiger partial charge on any atom is -0.360 e. The van der Waals surface area contributed by atoms with Crippen LogP contribution in [0.2, 0.25) is 0 Å². The van der Waals surface area contributed by atoms with Gasteiger partial charge in [-0.2, -0.15) is 0 Å². The second kappa shape index (κ2) is 4.45. The first-order valence-electron chi connectivity index (χ1n) is 4.17. The number of nitrogens with zero attached hydrogens (tertiary/aromatic N) is 1. The summed E-state index contributed by atoms with van der Waals surface area (Å²) in [6.07, 6.45) is 0. The molecule has 5 heteroatoms. The molecule has 0 aliphatic heterocycles. The minimum atomic E-state index is -0.289. The maximum atomic E-state index is 13.0. The van der Waals surface area contributed by atoms with E-state index in [1.807, 2.05) is 6.07 Å². The van der Waals surface area contributed by atoms with Gasteiger partial charge in [-0.3, -0.25) is 0 Å². The summed E-state index contributed by atoms with van der Waals surface area (Å²) in [7, 11) is 0. The molecule has 1 heterocycles. The predicted molar refractivity (Wildman–Crippen MR) is 62.2 cm³/mol. The van der Waals surface area contributed by atoms with Gasteiger partial charge in [-0.25, -0.2) is 4.39 Å². The molecule has 2 rings (SSSR count). The molecule has 0 saturated heterocycles. The van der Waals surface area contributed by atoms with Gasteiger partial charge in [0, 0.05) is 11.6 Å². The first-order valence-corrected chi connectivity index (χ1v) is 6.09. The lowest BCUT2D eigenvalue weighted by Crippen LogP contribution is -1.80. The Kier molecular flexibility index (Phi) is 3.21. The second-order valence-electron chi connectivity index (χ2n) is 2.94. The van der Waals surface area contributed by atoms with E-state index in [1.165, 1.54) is 6.07 Å². The first kappa shape index (κ1) is 10.8. The van der Waals surface area contributed by atoms with E-state index in [0.29, 0.717) is 15.5 Å². The molecular formula is C10H6Br2FNO. The normalized spacial score (nSPS) is 10.6. The van der Waals surface area contributed by atoms with Crippen LogP contribution < -0.4 is 0 Å². The van der Waals surface area contributed by atoms with Crippen LogP contribution in [0.4, 0.5) is 4.39 Å². The van der Waals surface area contributed by atoms with Crippen molar-refractivity contribution in [3.63, 3.8) is 0 Å². The largest absolute Gasteiger partial charge is 0.360 e. The SMILES string of the molecule is Fc1ccc(-c2cc(CBr)on2)cc1Br. The summed E-state index contributed by atoms with van der Waals surface area (Å²) in [4.78, 5) is 0. The Labute approximate surface area is 103 Å². The van der Waals surface area contributed by atoms with Crippen LogP contribution in [-0.4, -0.2) is 5.16 Å². The van der Waals surface area contributed by atoms with Gasteiger partial charge in [-0.1, -0.05) is 21.1 Å². The number of aromatic nitrogens is 1. The number of hydrogen-bond donors (Lipinski definition) is 0. The third-order valence-electron chi connectivity index (χ3n) is 1.91. The smallest absolute Gasteiger partial charge is 0.147 e. The Morgan fingerprint density at radius 2 is 2.13 bits per heavy atom. The molecule has 0 bridgehead atoms. The summed E-state index contributed by atoms with van der Waals surface area (Å²) >= 11 is 6.39. The van der Waals surface area contributed by atoms with Crippen LogP contribution in [0.25, 0.3) is 11.3 Å². The van der Waals surface area contributed by atoms with Crippen molar-refractivity contribution in [1.82, 2.24) is 5.16 Å². The van der Waals surface area contributed by atoms with Crippen molar-refractivity contribution in [2.75, 3.05) is 0 Å². The Balaban J connectivity index is 2.40. The van der Waals surface area contributed by atoms with Crippen LogP contribution in [0.3, 0.4) is 0 Å². The molecule has 0 amide bonds. The lowest BCUT2D eigenvalue weighted by Gasteiger charge is -1.97. The molecule has 1 aromatic carbocycles. The van der Waals surface area contributed by atoms with Gasteiger partial charge < -0.3 is 4.52 Å². The van der Waals surface area contributed by atoms with Crippen molar-refractivity contribution < 1.29 is 8.91 Å². The maximum absolute atomic E-state index is 13.0. The standard InChI is InChI=1S/C10H6Br2FNO/c11-5-7-4-10(14-15-7)6-1-2-9(13)8(12)3-6/h1-4H,5H2. The molecule has 0 fully saturated rings. The molecule has 0 saturated carbocycles. The van der Waals surface area contributed by atoms with Crippen molar-refractivity contribution in [3.8, 4) is 11.3 Å². The van der Waals surface area contributed by atoms with Gasteiger partial charge in [-0.05, 0) is 34.1 Å². The molecule has 2 nitrogen and oxygen atoms in total. The van der Waals surface area contributed by atoms with Gasteiger partial charge in [0.1, 0.15) is 17.3 Å². The van der Waals surface area contributed by atoms with Crippen molar-refractivity contribution in [2.24, 2.45) is 0 Å². The summed E-state index contributed by atoms with van der Waals surface area (Å²) in [6, 6.07) is 6.54. The van der Waals surface area contributed by atoms with Crippen molar-refractivity contribution >= 4 is 31.9 Å². The fourth-order valence-electron chi connectivity index (χ4n) is 1.17. The zero-order chi connectivity index (χ0) is 10.8. The average Bonchev–Trinajstić information content (AvgIpc) is 2.70. The van der Waals surface area contributed by atoms with Crippen LogP contribution in [0.15, 0.2) is 33.3 Å². The molecule has 0 aliphatic rings. The highest BCUT2D eigenvalue weighted by Gasteiger charge is 2.07. The minimum absolute atomic E-state index is 0.289. The van der Waals surface area contributed by atoms with E-state index in [4.69, 9.17) is 4.52 Å². The third-order valence-corrected chi connectivity index (χ3v) is 3.07. The van der Waals surface area contributed by atoms with E-state index in [1.54, 1.807) is 12.1 Å². The van der Waals surface area contributed by atoms with Gasteiger partial charge in [0.05, 0.1) is 9.80 Å². The van der Waals surface area contributed by atoms with Crippen molar-refractivity contribution in [3.05, 3.63) is 40.3 Å². The molecule has 0 radical (unpaired) electrons. The van der Waals surface area contributed by atoms with Crippen LogP contribution in [0, 0.1) is 5.82 Å². The second-order valence-corrected chi connectivity index (χ2v) is 4.36. The van der Waals surface area contributed by atoms with E-state index in [9.17, 15) is 4.39 Å². The molecule has 0 N–H and O–H groups in total.